The number of carbonyl (C=O) groups excluding carboxylic acids is 1. The number of amides is 1. The van der Waals surface area contributed by atoms with E-state index in [2.05, 4.69) is 5.32 Å². The molecule has 0 spiro atoms. The van der Waals surface area contributed by atoms with Gasteiger partial charge in [-0.25, -0.2) is 4.79 Å². The van der Waals surface area contributed by atoms with Gasteiger partial charge in [-0.3, -0.25) is 4.79 Å². The molecule has 0 aromatic heterocycles. The average molecular weight is 263 g/mol. The molecule has 7 heteroatoms. The molecule has 0 bridgehead atoms. The van der Waals surface area contributed by atoms with Gasteiger partial charge in [0.1, 0.15) is 17.1 Å². The molecule has 2 rings (SSSR count). The third-order valence-electron chi connectivity index (χ3n) is 2.91. The summed E-state index contributed by atoms with van der Waals surface area (Å²) in [6.45, 7) is 1.43. The van der Waals surface area contributed by atoms with Crippen molar-refractivity contribution in [2.24, 2.45) is 0 Å². The van der Waals surface area contributed by atoms with Gasteiger partial charge < -0.3 is 19.8 Å². The van der Waals surface area contributed by atoms with Crippen LogP contribution < -0.4 is 14.7 Å². The summed E-state index contributed by atoms with van der Waals surface area (Å²) in [5, 5.41) is 11.9. The van der Waals surface area contributed by atoms with Gasteiger partial charge in [0, 0.05) is 12.9 Å². The van der Waals surface area contributed by atoms with Crippen LogP contribution in [0.2, 0.25) is 0 Å². The topological polar surface area (TPSA) is 84.9 Å². The van der Waals surface area contributed by atoms with Crippen LogP contribution in [0.3, 0.4) is 0 Å². The van der Waals surface area contributed by atoms with E-state index >= 15 is 0 Å². The predicted octanol–water partition coefficient (Wildman–Crippen LogP) is 0.142. The summed E-state index contributed by atoms with van der Waals surface area (Å²) in [6.07, 6.45) is 0.520. The van der Waals surface area contributed by atoms with E-state index in [0.29, 0.717) is 17.9 Å². The fraction of sp³-hybridized carbons (Fsp3) is 0.333. The first-order valence-electron chi connectivity index (χ1n) is 5.85. The summed E-state index contributed by atoms with van der Waals surface area (Å²) in [5.41, 5.74) is 0.803. The molecular weight excluding hydrogens is 249 g/mol. The lowest BCUT2D eigenvalue weighted by molar-refractivity contribution is -0.119. The summed E-state index contributed by atoms with van der Waals surface area (Å²) in [7, 11) is 1.74. The minimum Gasteiger partial charge on any atom is -0.561 e. The van der Waals surface area contributed by atoms with E-state index < -0.39 is 5.97 Å². The minimum absolute atomic E-state index is 0.0793. The molecule has 0 saturated carbocycles. The van der Waals surface area contributed by atoms with Crippen LogP contribution >= 0.6 is 0 Å². The molecular formula is C12H14BNO5. The molecule has 19 heavy (non-hydrogen) atoms. The van der Waals surface area contributed by atoms with Crippen molar-refractivity contribution in [3.63, 3.8) is 0 Å². The van der Waals surface area contributed by atoms with Crippen LogP contribution in [0.15, 0.2) is 12.1 Å². The van der Waals surface area contributed by atoms with Gasteiger partial charge in [0.2, 0.25) is 5.91 Å². The van der Waals surface area contributed by atoms with Crippen LogP contribution in [0.4, 0.5) is 0 Å². The number of rotatable bonds is 3. The van der Waals surface area contributed by atoms with E-state index in [1.54, 1.807) is 6.07 Å². The maximum absolute atomic E-state index is 11.2. The standard InChI is InChI=1S/C12H14BNO5/c1-6(15)14-10-4-7-3-8(18-2)5-9(12(16)17)11(7)19-13-10/h3,5,10,13H,4H2,1-2H3,(H,14,15)(H,16,17). The van der Waals surface area contributed by atoms with E-state index in [4.69, 9.17) is 14.5 Å². The Morgan fingerprint density at radius 1 is 1.53 bits per heavy atom. The number of ether oxygens (including phenoxy) is 1. The highest BCUT2D eigenvalue weighted by Crippen LogP contribution is 2.32. The third-order valence-corrected chi connectivity index (χ3v) is 2.91. The number of benzene rings is 1. The van der Waals surface area contributed by atoms with Gasteiger partial charge in [-0.1, -0.05) is 0 Å². The Labute approximate surface area is 111 Å². The van der Waals surface area contributed by atoms with Crippen molar-refractivity contribution in [1.29, 1.82) is 0 Å². The predicted molar refractivity (Wildman–Crippen MR) is 69.0 cm³/mol. The highest BCUT2D eigenvalue weighted by Gasteiger charge is 2.27. The lowest BCUT2D eigenvalue weighted by Gasteiger charge is -2.26. The van der Waals surface area contributed by atoms with E-state index in [1.807, 2.05) is 0 Å². The number of fused-ring (bicyclic) bond motifs is 1. The number of hydrogen-bond acceptors (Lipinski definition) is 4. The van der Waals surface area contributed by atoms with Crippen molar-refractivity contribution in [1.82, 2.24) is 5.32 Å². The number of hydrogen-bond donors (Lipinski definition) is 2. The number of nitrogens with one attached hydrogen (secondary N) is 1. The zero-order chi connectivity index (χ0) is 14.0. The van der Waals surface area contributed by atoms with Crippen molar-refractivity contribution in [2.75, 3.05) is 7.11 Å². The zero-order valence-electron chi connectivity index (χ0n) is 10.7. The second-order valence-corrected chi connectivity index (χ2v) is 4.38. The Morgan fingerprint density at radius 2 is 2.26 bits per heavy atom. The van der Waals surface area contributed by atoms with E-state index in [9.17, 15) is 9.59 Å². The smallest absolute Gasteiger partial charge is 0.363 e. The largest absolute Gasteiger partial charge is 0.561 e. The molecule has 0 fully saturated rings. The van der Waals surface area contributed by atoms with Crippen molar-refractivity contribution in [2.45, 2.75) is 19.3 Å². The Kier molecular flexibility index (Phi) is 3.64. The molecule has 2 N–H and O–H groups in total. The fourth-order valence-electron chi connectivity index (χ4n) is 2.15. The zero-order valence-corrected chi connectivity index (χ0v) is 10.7. The lowest BCUT2D eigenvalue weighted by atomic mass is 9.79. The maximum Gasteiger partial charge on any atom is 0.363 e. The molecule has 6 nitrogen and oxygen atoms in total. The highest BCUT2D eigenvalue weighted by molar-refractivity contribution is 6.32. The molecule has 1 amide bonds. The van der Waals surface area contributed by atoms with Gasteiger partial charge in [0.25, 0.3) is 0 Å². The van der Waals surface area contributed by atoms with Crippen LogP contribution in [0, 0.1) is 0 Å². The Hall–Kier alpha value is -2.18. The molecule has 1 heterocycles. The molecule has 0 radical (unpaired) electrons. The van der Waals surface area contributed by atoms with Crippen molar-refractivity contribution < 1.29 is 24.1 Å². The van der Waals surface area contributed by atoms with Gasteiger partial charge in [0.05, 0.1) is 7.11 Å². The first kappa shape index (κ1) is 13.3. The summed E-state index contributed by atoms with van der Waals surface area (Å²) in [6, 6.07) is 3.16. The molecule has 1 aromatic rings. The monoisotopic (exact) mass is 263 g/mol. The first-order chi connectivity index (χ1) is 9.01. The van der Waals surface area contributed by atoms with Crippen LogP contribution in [0.25, 0.3) is 0 Å². The molecule has 100 valence electrons. The first-order valence-corrected chi connectivity index (χ1v) is 5.85. The number of carboxylic acid groups (broad SMARTS) is 1. The number of carboxylic acids is 1. The highest BCUT2D eigenvalue weighted by atomic mass is 16.5. The molecule has 1 aliphatic heterocycles. The van der Waals surface area contributed by atoms with Gasteiger partial charge >= 0.3 is 13.5 Å². The molecule has 0 saturated heterocycles. The van der Waals surface area contributed by atoms with Crippen LogP contribution in [0.5, 0.6) is 11.5 Å². The fourth-order valence-corrected chi connectivity index (χ4v) is 2.15. The van der Waals surface area contributed by atoms with Crippen molar-refractivity contribution in [3.8, 4) is 11.5 Å². The van der Waals surface area contributed by atoms with E-state index in [1.165, 1.54) is 20.1 Å². The summed E-state index contributed by atoms with van der Waals surface area (Å²) < 4.78 is 10.6. The maximum atomic E-state index is 11.2. The summed E-state index contributed by atoms with van der Waals surface area (Å²) >= 11 is 0. The Bertz CT molecular complexity index is 531. The molecule has 1 aliphatic rings. The number of carbonyl (C=O) groups is 2. The van der Waals surface area contributed by atoms with Gasteiger partial charge in [-0.15, -0.1) is 0 Å². The van der Waals surface area contributed by atoms with Crippen molar-refractivity contribution in [3.05, 3.63) is 23.3 Å². The lowest BCUT2D eigenvalue weighted by Crippen LogP contribution is -2.44. The number of aromatic carboxylic acids is 1. The van der Waals surface area contributed by atoms with Crippen molar-refractivity contribution >= 4 is 19.4 Å². The number of methoxy groups -OCH3 is 1. The Morgan fingerprint density at radius 3 is 2.84 bits per heavy atom. The van der Waals surface area contributed by atoms with Gasteiger partial charge in [0.15, 0.2) is 0 Å². The summed E-state index contributed by atoms with van der Waals surface area (Å²) in [4.78, 5) is 22.2. The van der Waals surface area contributed by atoms with Crippen LogP contribution in [-0.2, 0) is 11.2 Å². The van der Waals surface area contributed by atoms with E-state index in [-0.39, 0.29) is 24.9 Å². The second kappa shape index (κ2) is 5.21. The average Bonchev–Trinajstić information content (AvgIpc) is 2.36. The van der Waals surface area contributed by atoms with Crippen LogP contribution in [-0.4, -0.2) is 37.5 Å². The SMILES string of the molecule is COc1cc2c(c(C(=O)O)c1)OBC(NC(C)=O)C2. The van der Waals surface area contributed by atoms with Gasteiger partial charge in [-0.2, -0.15) is 0 Å². The normalized spacial score (nSPS) is 16.6. The molecule has 1 aromatic carbocycles. The Balaban J connectivity index is 2.35. The van der Waals surface area contributed by atoms with E-state index in [0.717, 1.165) is 5.56 Å². The minimum atomic E-state index is -1.06. The summed E-state index contributed by atoms with van der Waals surface area (Å²) in [5.74, 6) is -0.539. The third kappa shape index (κ3) is 2.81. The molecule has 1 unspecified atom stereocenters. The quantitative estimate of drug-likeness (QED) is 0.758. The molecule has 0 aliphatic carbocycles. The van der Waals surface area contributed by atoms with Crippen LogP contribution in [0.1, 0.15) is 22.8 Å². The second-order valence-electron chi connectivity index (χ2n) is 4.38. The van der Waals surface area contributed by atoms with Gasteiger partial charge in [-0.05, 0) is 24.1 Å². The molecule has 1 atom stereocenters.